The van der Waals surface area contributed by atoms with Crippen LogP contribution in [-0.4, -0.2) is 5.78 Å². The summed E-state index contributed by atoms with van der Waals surface area (Å²) in [5, 5.41) is 0. The predicted octanol–water partition coefficient (Wildman–Crippen LogP) is 4.13. The summed E-state index contributed by atoms with van der Waals surface area (Å²) >= 11 is 1.93. The molecule has 0 unspecified atom stereocenters. The predicted molar refractivity (Wildman–Crippen MR) is 73.5 cm³/mol. The molecule has 0 spiro atoms. The van der Waals surface area contributed by atoms with Crippen molar-refractivity contribution in [2.24, 2.45) is 0 Å². The van der Waals surface area contributed by atoms with E-state index in [9.17, 15) is 18.0 Å². The fourth-order valence-corrected chi connectivity index (χ4v) is 2.10. The first kappa shape index (κ1) is 14.0. The molecule has 0 amide bonds. The van der Waals surface area contributed by atoms with Gasteiger partial charge in [0.05, 0.1) is 5.56 Å². The summed E-state index contributed by atoms with van der Waals surface area (Å²) < 4.78 is 40.4. The molecule has 5 heteroatoms. The zero-order chi connectivity index (χ0) is 14.0. The standard InChI is InChI=1S/C14H8F3IO/c15-9-2-1-8(12(16)6-9)5-14(19)11-4-3-10(18)7-13(11)17/h1-4,6-7H,5H2. The molecule has 0 saturated heterocycles. The molecular weight excluding hydrogens is 368 g/mol. The number of benzene rings is 2. The van der Waals surface area contributed by atoms with E-state index in [2.05, 4.69) is 0 Å². The Labute approximate surface area is 121 Å². The molecule has 0 aliphatic rings. The average molecular weight is 376 g/mol. The van der Waals surface area contributed by atoms with E-state index in [4.69, 9.17) is 0 Å². The first-order valence-corrected chi connectivity index (χ1v) is 6.47. The van der Waals surface area contributed by atoms with Crippen molar-refractivity contribution in [1.82, 2.24) is 0 Å². The van der Waals surface area contributed by atoms with E-state index >= 15 is 0 Å². The van der Waals surface area contributed by atoms with Crippen LogP contribution in [0, 0.1) is 21.0 Å². The van der Waals surface area contributed by atoms with Gasteiger partial charge < -0.3 is 0 Å². The van der Waals surface area contributed by atoms with Gasteiger partial charge in [-0.1, -0.05) is 6.07 Å². The van der Waals surface area contributed by atoms with E-state index in [-0.39, 0.29) is 17.5 Å². The molecule has 2 aromatic carbocycles. The highest BCUT2D eigenvalue weighted by Crippen LogP contribution is 2.17. The van der Waals surface area contributed by atoms with Crippen molar-refractivity contribution in [2.45, 2.75) is 6.42 Å². The summed E-state index contributed by atoms with van der Waals surface area (Å²) in [5.74, 6) is -2.70. The van der Waals surface area contributed by atoms with Crippen molar-refractivity contribution in [3.05, 3.63) is 68.5 Å². The maximum absolute atomic E-state index is 13.6. The highest BCUT2D eigenvalue weighted by molar-refractivity contribution is 14.1. The largest absolute Gasteiger partial charge is 0.294 e. The Morgan fingerprint density at radius 2 is 1.74 bits per heavy atom. The summed E-state index contributed by atoms with van der Waals surface area (Å²) in [6, 6.07) is 7.14. The summed E-state index contributed by atoms with van der Waals surface area (Å²) in [7, 11) is 0. The van der Waals surface area contributed by atoms with Crippen molar-refractivity contribution in [3.63, 3.8) is 0 Å². The fourth-order valence-electron chi connectivity index (χ4n) is 1.65. The van der Waals surface area contributed by atoms with Crippen LogP contribution < -0.4 is 0 Å². The second-order valence-corrected chi connectivity index (χ2v) is 5.21. The Bertz CT molecular complexity index is 641. The Kier molecular flexibility index (Phi) is 4.24. The van der Waals surface area contributed by atoms with Crippen molar-refractivity contribution >= 4 is 28.4 Å². The molecule has 0 heterocycles. The molecule has 0 bridgehead atoms. The van der Waals surface area contributed by atoms with Gasteiger partial charge in [-0.05, 0) is 52.4 Å². The van der Waals surface area contributed by atoms with E-state index in [1.165, 1.54) is 18.2 Å². The van der Waals surface area contributed by atoms with Gasteiger partial charge in [0, 0.05) is 16.1 Å². The Morgan fingerprint density at radius 3 is 2.37 bits per heavy atom. The second kappa shape index (κ2) is 5.73. The van der Waals surface area contributed by atoms with Crippen molar-refractivity contribution in [1.29, 1.82) is 0 Å². The summed E-state index contributed by atoms with van der Waals surface area (Å²) in [6.45, 7) is 0. The molecule has 0 fully saturated rings. The van der Waals surface area contributed by atoms with Gasteiger partial charge in [-0.15, -0.1) is 0 Å². The van der Waals surface area contributed by atoms with Gasteiger partial charge in [-0.25, -0.2) is 13.2 Å². The van der Waals surface area contributed by atoms with Gasteiger partial charge in [0.2, 0.25) is 0 Å². The normalized spacial score (nSPS) is 10.5. The molecule has 0 aliphatic heterocycles. The van der Waals surface area contributed by atoms with Gasteiger partial charge in [0.1, 0.15) is 17.5 Å². The number of hydrogen-bond donors (Lipinski definition) is 0. The lowest BCUT2D eigenvalue weighted by Gasteiger charge is -2.05. The summed E-state index contributed by atoms with van der Waals surface area (Å²) in [6.07, 6.45) is -0.302. The van der Waals surface area contributed by atoms with Gasteiger partial charge >= 0.3 is 0 Å². The number of ketones is 1. The minimum Gasteiger partial charge on any atom is -0.294 e. The fraction of sp³-hybridized carbons (Fsp3) is 0.0714. The maximum Gasteiger partial charge on any atom is 0.170 e. The molecule has 2 aromatic rings. The van der Waals surface area contributed by atoms with Crippen molar-refractivity contribution < 1.29 is 18.0 Å². The highest BCUT2D eigenvalue weighted by atomic mass is 127. The third-order valence-corrected chi connectivity index (χ3v) is 3.27. The molecule has 0 aliphatic carbocycles. The molecule has 0 aromatic heterocycles. The van der Waals surface area contributed by atoms with E-state index in [0.717, 1.165) is 6.07 Å². The van der Waals surface area contributed by atoms with Crippen LogP contribution in [0.3, 0.4) is 0 Å². The quantitative estimate of drug-likeness (QED) is 0.582. The van der Waals surface area contributed by atoms with Crippen LogP contribution >= 0.6 is 22.6 Å². The lowest BCUT2D eigenvalue weighted by Crippen LogP contribution is -2.08. The minimum absolute atomic E-state index is 0.0457. The van der Waals surface area contributed by atoms with Crippen LogP contribution in [0.1, 0.15) is 15.9 Å². The first-order chi connectivity index (χ1) is 8.97. The Hall–Kier alpha value is -1.37. The van der Waals surface area contributed by atoms with E-state index < -0.39 is 23.2 Å². The molecule has 0 saturated carbocycles. The minimum atomic E-state index is -0.806. The monoisotopic (exact) mass is 376 g/mol. The summed E-state index contributed by atoms with van der Waals surface area (Å²) in [5.41, 5.74) is -0.0477. The maximum atomic E-state index is 13.6. The SMILES string of the molecule is O=C(Cc1ccc(F)cc1F)c1ccc(I)cc1F. The number of hydrogen-bond acceptors (Lipinski definition) is 1. The number of Topliss-reactive ketones (excluding diaryl/α,β-unsaturated/α-hetero) is 1. The molecule has 1 nitrogen and oxygen atoms in total. The van der Waals surface area contributed by atoms with Crippen molar-refractivity contribution in [2.75, 3.05) is 0 Å². The molecule has 2 rings (SSSR count). The van der Waals surface area contributed by atoms with Gasteiger partial charge in [-0.2, -0.15) is 0 Å². The van der Waals surface area contributed by atoms with E-state index in [1.807, 2.05) is 22.6 Å². The lowest BCUT2D eigenvalue weighted by molar-refractivity contribution is 0.0988. The Balaban J connectivity index is 2.25. The smallest absolute Gasteiger partial charge is 0.170 e. The summed E-state index contributed by atoms with van der Waals surface area (Å²) in [4.78, 5) is 11.9. The lowest BCUT2D eigenvalue weighted by atomic mass is 10.0. The van der Waals surface area contributed by atoms with Crippen LogP contribution in [0.2, 0.25) is 0 Å². The van der Waals surface area contributed by atoms with Crippen LogP contribution in [-0.2, 0) is 6.42 Å². The second-order valence-electron chi connectivity index (χ2n) is 3.96. The number of carbonyl (C=O) groups is 1. The van der Waals surface area contributed by atoms with Crippen LogP contribution in [0.25, 0.3) is 0 Å². The van der Waals surface area contributed by atoms with Crippen LogP contribution in [0.15, 0.2) is 36.4 Å². The molecular formula is C14H8F3IO. The van der Waals surface area contributed by atoms with Crippen molar-refractivity contribution in [3.8, 4) is 0 Å². The third-order valence-electron chi connectivity index (χ3n) is 2.60. The Morgan fingerprint density at radius 1 is 1.00 bits per heavy atom. The van der Waals surface area contributed by atoms with Crippen LogP contribution in [0.4, 0.5) is 13.2 Å². The zero-order valence-corrected chi connectivity index (χ0v) is 11.7. The molecule has 98 valence electrons. The molecule has 19 heavy (non-hydrogen) atoms. The van der Waals surface area contributed by atoms with Gasteiger partial charge in [0.25, 0.3) is 0 Å². The first-order valence-electron chi connectivity index (χ1n) is 5.39. The van der Waals surface area contributed by atoms with Gasteiger partial charge in [0.15, 0.2) is 5.78 Å². The molecule has 0 radical (unpaired) electrons. The topological polar surface area (TPSA) is 17.1 Å². The van der Waals surface area contributed by atoms with Crippen LogP contribution in [0.5, 0.6) is 0 Å². The zero-order valence-electron chi connectivity index (χ0n) is 9.59. The molecule has 0 N–H and O–H groups in total. The molecule has 0 atom stereocenters. The number of halogens is 4. The van der Waals surface area contributed by atoms with E-state index in [0.29, 0.717) is 9.64 Å². The third kappa shape index (κ3) is 3.34. The number of rotatable bonds is 3. The highest BCUT2D eigenvalue weighted by Gasteiger charge is 2.15. The van der Waals surface area contributed by atoms with E-state index in [1.54, 1.807) is 6.07 Å². The van der Waals surface area contributed by atoms with Gasteiger partial charge in [-0.3, -0.25) is 4.79 Å². The number of carbonyl (C=O) groups excluding carboxylic acids is 1. The average Bonchev–Trinajstić information content (AvgIpc) is 2.32.